The summed E-state index contributed by atoms with van der Waals surface area (Å²) in [5.74, 6) is 0. The quantitative estimate of drug-likeness (QED) is 0.774. The number of aromatic nitrogens is 4. The third kappa shape index (κ3) is 2.69. The largest absolute Gasteiger partial charge is 0.331 e. The summed E-state index contributed by atoms with van der Waals surface area (Å²) in [4.78, 5) is 9.99. The van der Waals surface area contributed by atoms with Crippen molar-refractivity contribution in [3.05, 3.63) is 41.7 Å². The molecule has 0 bridgehead atoms. The molecular formula is C13H17N5S. The van der Waals surface area contributed by atoms with Crippen molar-refractivity contribution in [2.24, 2.45) is 5.73 Å². The fraction of sp³-hybridized carbons (Fsp3) is 0.385. The first-order chi connectivity index (χ1) is 9.24. The molecule has 0 fully saturated rings. The number of hydrogen-bond acceptors (Lipinski definition) is 4. The maximum Gasteiger partial charge on any atom is 0.193 e. The van der Waals surface area contributed by atoms with Gasteiger partial charge >= 0.3 is 0 Å². The Morgan fingerprint density at radius 3 is 3.05 bits per heavy atom. The van der Waals surface area contributed by atoms with Gasteiger partial charge in [-0.05, 0) is 6.42 Å². The molecule has 1 unspecified atom stereocenters. The monoisotopic (exact) mass is 275 g/mol. The summed E-state index contributed by atoms with van der Waals surface area (Å²) < 4.78 is 4.11. The Labute approximate surface area is 115 Å². The first kappa shape index (κ1) is 12.4. The van der Waals surface area contributed by atoms with Crippen molar-refractivity contribution >= 4 is 16.3 Å². The van der Waals surface area contributed by atoms with Crippen LogP contribution < -0.4 is 5.73 Å². The fourth-order valence-corrected chi connectivity index (χ4v) is 2.77. The van der Waals surface area contributed by atoms with E-state index in [0.29, 0.717) is 0 Å². The fourth-order valence-electron chi connectivity index (χ4n) is 2.05. The summed E-state index contributed by atoms with van der Waals surface area (Å²) >= 11 is 1.65. The molecule has 3 rings (SSSR count). The number of thiazole rings is 1. The van der Waals surface area contributed by atoms with Gasteiger partial charge in [-0.15, -0.1) is 11.3 Å². The van der Waals surface area contributed by atoms with E-state index in [4.69, 9.17) is 5.73 Å². The van der Waals surface area contributed by atoms with E-state index in [2.05, 4.69) is 33.9 Å². The van der Waals surface area contributed by atoms with Gasteiger partial charge in [0.05, 0.1) is 24.3 Å². The highest BCUT2D eigenvalue weighted by Crippen LogP contribution is 2.12. The maximum absolute atomic E-state index is 5.94. The predicted molar refractivity (Wildman–Crippen MR) is 76.4 cm³/mol. The lowest BCUT2D eigenvalue weighted by atomic mass is 10.1. The average molecular weight is 275 g/mol. The van der Waals surface area contributed by atoms with Crippen molar-refractivity contribution in [1.29, 1.82) is 0 Å². The van der Waals surface area contributed by atoms with Crippen LogP contribution in [-0.4, -0.2) is 25.0 Å². The minimum absolute atomic E-state index is 0.196. The highest BCUT2D eigenvalue weighted by atomic mass is 32.1. The average Bonchev–Trinajstić information content (AvgIpc) is 3.05. The van der Waals surface area contributed by atoms with E-state index in [1.807, 2.05) is 22.3 Å². The molecule has 3 aromatic heterocycles. The molecule has 3 aromatic rings. The lowest BCUT2D eigenvalue weighted by Crippen LogP contribution is -2.21. The molecule has 1 atom stereocenters. The van der Waals surface area contributed by atoms with E-state index in [-0.39, 0.29) is 6.04 Å². The highest BCUT2D eigenvalue weighted by molar-refractivity contribution is 7.15. The molecule has 0 amide bonds. The van der Waals surface area contributed by atoms with Gasteiger partial charge in [-0.25, -0.2) is 9.97 Å². The van der Waals surface area contributed by atoms with Crippen LogP contribution in [0, 0.1) is 0 Å². The number of nitrogens with two attached hydrogens (primary N) is 1. The molecular weight excluding hydrogens is 258 g/mol. The molecule has 6 heteroatoms. The van der Waals surface area contributed by atoms with Crippen LogP contribution in [0.15, 0.2) is 30.3 Å². The van der Waals surface area contributed by atoms with Gasteiger partial charge in [-0.1, -0.05) is 6.92 Å². The summed E-state index contributed by atoms with van der Waals surface area (Å²) in [6, 6.07) is 0.196. The maximum atomic E-state index is 5.94. The van der Waals surface area contributed by atoms with Crippen molar-refractivity contribution < 1.29 is 0 Å². The predicted octanol–water partition coefficient (Wildman–Crippen LogP) is 1.92. The normalized spacial score (nSPS) is 13.2. The summed E-state index contributed by atoms with van der Waals surface area (Å²) in [6.45, 7) is 2.85. The van der Waals surface area contributed by atoms with Gasteiger partial charge in [0.25, 0.3) is 0 Å². The molecule has 0 saturated heterocycles. The Kier molecular flexibility index (Phi) is 3.35. The van der Waals surface area contributed by atoms with Gasteiger partial charge in [0.2, 0.25) is 0 Å². The molecule has 3 heterocycles. The van der Waals surface area contributed by atoms with E-state index in [1.165, 1.54) is 0 Å². The van der Waals surface area contributed by atoms with Crippen molar-refractivity contribution in [2.75, 3.05) is 0 Å². The Hall–Kier alpha value is -1.66. The van der Waals surface area contributed by atoms with Crippen LogP contribution in [0.2, 0.25) is 0 Å². The lowest BCUT2D eigenvalue weighted by Gasteiger charge is -2.04. The van der Waals surface area contributed by atoms with Crippen LogP contribution in [0.1, 0.15) is 24.7 Å². The number of rotatable bonds is 5. The second kappa shape index (κ2) is 5.14. The SMILES string of the molecule is CCC(N)Cc1cn(Cc2cn3ccsc3n2)cn1. The van der Waals surface area contributed by atoms with Crippen LogP contribution in [0.3, 0.4) is 0 Å². The van der Waals surface area contributed by atoms with Crippen LogP contribution >= 0.6 is 11.3 Å². The first-order valence-corrected chi connectivity index (χ1v) is 7.30. The molecule has 19 heavy (non-hydrogen) atoms. The van der Waals surface area contributed by atoms with Crippen molar-refractivity contribution in [2.45, 2.75) is 32.4 Å². The second-order valence-electron chi connectivity index (χ2n) is 4.73. The molecule has 2 N–H and O–H groups in total. The van der Waals surface area contributed by atoms with Gasteiger partial charge < -0.3 is 10.3 Å². The number of fused-ring (bicyclic) bond motifs is 1. The van der Waals surface area contributed by atoms with Crippen LogP contribution in [-0.2, 0) is 13.0 Å². The lowest BCUT2D eigenvalue weighted by molar-refractivity contribution is 0.638. The molecule has 0 aromatic carbocycles. The zero-order chi connectivity index (χ0) is 13.2. The molecule has 0 radical (unpaired) electrons. The Morgan fingerprint density at radius 2 is 2.26 bits per heavy atom. The van der Waals surface area contributed by atoms with Crippen molar-refractivity contribution in [3.63, 3.8) is 0 Å². The third-order valence-corrected chi connectivity index (χ3v) is 3.94. The topological polar surface area (TPSA) is 61.1 Å². The molecule has 0 spiro atoms. The smallest absolute Gasteiger partial charge is 0.193 e. The molecule has 5 nitrogen and oxygen atoms in total. The van der Waals surface area contributed by atoms with E-state index in [1.54, 1.807) is 11.3 Å². The van der Waals surface area contributed by atoms with E-state index < -0.39 is 0 Å². The third-order valence-electron chi connectivity index (χ3n) is 3.17. The summed E-state index contributed by atoms with van der Waals surface area (Å²) in [7, 11) is 0. The van der Waals surface area contributed by atoms with Gasteiger partial charge in [0.1, 0.15) is 0 Å². The van der Waals surface area contributed by atoms with E-state index in [9.17, 15) is 0 Å². The summed E-state index contributed by atoms with van der Waals surface area (Å²) in [5, 5.41) is 2.04. The van der Waals surface area contributed by atoms with Crippen molar-refractivity contribution in [1.82, 2.24) is 18.9 Å². The highest BCUT2D eigenvalue weighted by Gasteiger charge is 2.07. The Bertz CT molecular complexity index is 637. The van der Waals surface area contributed by atoms with Crippen molar-refractivity contribution in [3.8, 4) is 0 Å². The second-order valence-corrected chi connectivity index (χ2v) is 5.61. The number of imidazole rings is 2. The van der Waals surface area contributed by atoms with Gasteiger partial charge in [0.15, 0.2) is 4.96 Å². The Balaban J connectivity index is 1.71. The molecule has 0 aliphatic carbocycles. The van der Waals surface area contributed by atoms with Gasteiger partial charge in [-0.3, -0.25) is 4.40 Å². The Morgan fingerprint density at radius 1 is 1.37 bits per heavy atom. The molecule has 0 aliphatic heterocycles. The van der Waals surface area contributed by atoms with Gasteiger partial charge in [-0.2, -0.15) is 0 Å². The van der Waals surface area contributed by atoms with E-state index >= 15 is 0 Å². The number of nitrogens with zero attached hydrogens (tertiary/aromatic N) is 4. The first-order valence-electron chi connectivity index (χ1n) is 6.42. The van der Waals surface area contributed by atoms with Crippen LogP contribution in [0.5, 0.6) is 0 Å². The zero-order valence-corrected chi connectivity index (χ0v) is 11.7. The molecule has 100 valence electrons. The van der Waals surface area contributed by atoms with E-state index in [0.717, 1.165) is 35.7 Å². The standard InChI is InChI=1S/C13H17N5S/c1-2-10(14)5-11-6-17(9-15-11)7-12-8-18-3-4-19-13(18)16-12/h3-4,6,8-10H,2,5,7,14H2,1H3. The molecule has 0 aliphatic rings. The number of hydrogen-bond donors (Lipinski definition) is 1. The molecule has 0 saturated carbocycles. The minimum atomic E-state index is 0.196. The van der Waals surface area contributed by atoms with Crippen LogP contribution in [0.4, 0.5) is 0 Å². The van der Waals surface area contributed by atoms with Gasteiger partial charge in [0, 0.05) is 36.4 Å². The zero-order valence-electron chi connectivity index (χ0n) is 10.9. The summed E-state index contributed by atoms with van der Waals surface area (Å²) in [6.07, 6.45) is 9.81. The van der Waals surface area contributed by atoms with Crippen LogP contribution in [0.25, 0.3) is 4.96 Å². The minimum Gasteiger partial charge on any atom is -0.331 e. The summed E-state index contributed by atoms with van der Waals surface area (Å²) in [5.41, 5.74) is 8.04.